The lowest BCUT2D eigenvalue weighted by Gasteiger charge is -2.34. The lowest BCUT2D eigenvalue weighted by Crippen LogP contribution is -2.30. The third-order valence-electron chi connectivity index (χ3n) is 12.5. The zero-order valence-electron chi connectivity index (χ0n) is 33.9. The van der Waals surface area contributed by atoms with E-state index in [1.807, 2.05) is 0 Å². The Balaban J connectivity index is 1.01. The molecule has 0 fully saturated rings. The van der Waals surface area contributed by atoms with Crippen molar-refractivity contribution in [3.63, 3.8) is 0 Å². The molecule has 1 atom stereocenters. The standard InChI is InChI=1S/C58H44N2/c1-39-37-56(59(44-20-8-4-9-21-44)45-22-10-5-11-23-45)40(2)36-52(39)43-32-35-55-53(38-43)47-24-16-17-29-54(47)60(55)46-33-30-42(31-34-46)58-50-27-14-12-25-48(50)57(41-18-6-3-7-19-41)49-26-13-15-28-51(49)58/h3-22,24-38,45H,23H2,1-2H3. The minimum atomic E-state index is 0.261. The highest BCUT2D eigenvalue weighted by atomic mass is 15.2. The van der Waals surface area contributed by atoms with Crippen LogP contribution in [-0.2, 0) is 0 Å². The maximum Gasteiger partial charge on any atom is 0.0559 e. The fourth-order valence-corrected chi connectivity index (χ4v) is 9.78. The molecule has 60 heavy (non-hydrogen) atoms. The summed E-state index contributed by atoms with van der Waals surface area (Å²) in [5.74, 6) is 0. The first-order valence-corrected chi connectivity index (χ1v) is 21.0. The Hall–Kier alpha value is -7.42. The Kier molecular flexibility index (Phi) is 8.78. The summed E-state index contributed by atoms with van der Waals surface area (Å²) < 4.78 is 2.43. The van der Waals surface area contributed by atoms with Crippen molar-refractivity contribution in [3.05, 3.63) is 223 Å². The molecule has 2 nitrogen and oxygen atoms in total. The van der Waals surface area contributed by atoms with Crippen molar-refractivity contribution in [2.75, 3.05) is 4.90 Å². The van der Waals surface area contributed by atoms with Crippen LogP contribution in [-0.4, -0.2) is 10.6 Å². The van der Waals surface area contributed by atoms with Gasteiger partial charge in [0.25, 0.3) is 0 Å². The van der Waals surface area contributed by atoms with E-state index in [0.29, 0.717) is 0 Å². The van der Waals surface area contributed by atoms with E-state index >= 15 is 0 Å². The van der Waals surface area contributed by atoms with Gasteiger partial charge in [-0.05, 0) is 141 Å². The molecule has 0 radical (unpaired) electrons. The van der Waals surface area contributed by atoms with Crippen molar-refractivity contribution in [2.24, 2.45) is 0 Å². The summed E-state index contributed by atoms with van der Waals surface area (Å²) in [5, 5.41) is 7.58. The second-order valence-corrected chi connectivity index (χ2v) is 16.1. The fourth-order valence-electron chi connectivity index (χ4n) is 9.78. The molecule has 0 amide bonds. The fraction of sp³-hybridized carbons (Fsp3) is 0.0690. The number of allylic oxidation sites excluding steroid dienone is 2. The third-order valence-corrected chi connectivity index (χ3v) is 12.5. The summed E-state index contributed by atoms with van der Waals surface area (Å²) in [5.41, 5.74) is 16.1. The highest BCUT2D eigenvalue weighted by molar-refractivity contribution is 6.21. The van der Waals surface area contributed by atoms with Crippen molar-refractivity contribution in [1.82, 2.24) is 4.57 Å². The molecule has 1 heterocycles. The van der Waals surface area contributed by atoms with Crippen LogP contribution < -0.4 is 4.90 Å². The lowest BCUT2D eigenvalue weighted by atomic mass is 9.86. The highest BCUT2D eigenvalue weighted by Gasteiger charge is 2.23. The van der Waals surface area contributed by atoms with Gasteiger partial charge in [0.2, 0.25) is 0 Å². The lowest BCUT2D eigenvalue weighted by molar-refractivity contribution is 0.782. The zero-order chi connectivity index (χ0) is 40.2. The van der Waals surface area contributed by atoms with Gasteiger partial charge in [-0.3, -0.25) is 0 Å². The average Bonchev–Trinajstić information content (AvgIpc) is 3.64. The number of benzene rings is 9. The molecule has 11 rings (SSSR count). The maximum absolute atomic E-state index is 2.50. The first kappa shape index (κ1) is 35.7. The second-order valence-electron chi connectivity index (χ2n) is 16.1. The van der Waals surface area contributed by atoms with E-state index in [4.69, 9.17) is 0 Å². The number of anilines is 2. The van der Waals surface area contributed by atoms with Crippen LogP contribution in [0.5, 0.6) is 0 Å². The Bertz CT molecular complexity index is 3240. The first-order valence-electron chi connectivity index (χ1n) is 21.0. The van der Waals surface area contributed by atoms with E-state index in [9.17, 15) is 0 Å². The normalized spacial score (nSPS) is 13.8. The number of fused-ring (bicyclic) bond motifs is 5. The molecule has 286 valence electrons. The number of hydrogen-bond donors (Lipinski definition) is 0. The van der Waals surface area contributed by atoms with Crippen LogP contribution in [0.1, 0.15) is 17.5 Å². The summed E-state index contributed by atoms with van der Waals surface area (Å²) in [7, 11) is 0. The van der Waals surface area contributed by atoms with Crippen molar-refractivity contribution >= 4 is 54.7 Å². The smallest absolute Gasteiger partial charge is 0.0559 e. The molecular weight excluding hydrogens is 725 g/mol. The van der Waals surface area contributed by atoms with Gasteiger partial charge >= 0.3 is 0 Å². The molecule has 0 saturated heterocycles. The monoisotopic (exact) mass is 768 g/mol. The molecule has 0 N–H and O–H groups in total. The summed E-state index contributed by atoms with van der Waals surface area (Å²) in [6.07, 6.45) is 9.89. The predicted molar refractivity (Wildman–Crippen MR) is 257 cm³/mol. The number of hydrogen-bond acceptors (Lipinski definition) is 1. The summed E-state index contributed by atoms with van der Waals surface area (Å²) in [6, 6.07) is 69.5. The molecule has 9 aromatic carbocycles. The molecule has 0 saturated carbocycles. The molecule has 0 spiro atoms. The zero-order valence-corrected chi connectivity index (χ0v) is 33.9. The van der Waals surface area contributed by atoms with Gasteiger partial charge in [-0.25, -0.2) is 0 Å². The number of nitrogens with zero attached hydrogens (tertiary/aromatic N) is 2. The quantitative estimate of drug-likeness (QED) is 0.147. The van der Waals surface area contributed by atoms with Gasteiger partial charge in [-0.15, -0.1) is 0 Å². The van der Waals surface area contributed by atoms with Crippen molar-refractivity contribution in [1.29, 1.82) is 0 Å². The van der Waals surface area contributed by atoms with Crippen LogP contribution in [0.15, 0.2) is 212 Å². The van der Waals surface area contributed by atoms with E-state index in [0.717, 1.165) is 12.1 Å². The molecule has 2 heteroatoms. The van der Waals surface area contributed by atoms with E-state index < -0.39 is 0 Å². The van der Waals surface area contributed by atoms with Gasteiger partial charge in [0.05, 0.1) is 17.1 Å². The van der Waals surface area contributed by atoms with Gasteiger partial charge in [0, 0.05) is 27.8 Å². The van der Waals surface area contributed by atoms with Crippen LogP contribution in [0.3, 0.4) is 0 Å². The molecule has 1 unspecified atom stereocenters. The largest absolute Gasteiger partial charge is 0.334 e. The summed E-state index contributed by atoms with van der Waals surface area (Å²) >= 11 is 0. The van der Waals surface area contributed by atoms with Gasteiger partial charge in [0.1, 0.15) is 0 Å². The molecule has 1 aliphatic carbocycles. The second kappa shape index (κ2) is 14.8. The molecule has 10 aromatic rings. The van der Waals surface area contributed by atoms with E-state index in [-0.39, 0.29) is 6.04 Å². The van der Waals surface area contributed by atoms with Gasteiger partial charge in [0.15, 0.2) is 0 Å². The summed E-state index contributed by atoms with van der Waals surface area (Å²) in [4.78, 5) is 2.50. The average molecular weight is 769 g/mol. The van der Waals surface area contributed by atoms with Crippen molar-refractivity contribution in [2.45, 2.75) is 26.3 Å². The number of para-hydroxylation sites is 2. The Labute approximate surface area is 351 Å². The first-order chi connectivity index (χ1) is 29.6. The van der Waals surface area contributed by atoms with E-state index in [1.165, 1.54) is 99.2 Å². The van der Waals surface area contributed by atoms with Gasteiger partial charge in [-0.1, -0.05) is 158 Å². The van der Waals surface area contributed by atoms with Crippen molar-refractivity contribution in [3.8, 4) is 39.1 Å². The molecule has 1 aliphatic rings. The Morgan fingerprint density at radius 3 is 1.63 bits per heavy atom. The van der Waals surface area contributed by atoms with Crippen LogP contribution in [0.2, 0.25) is 0 Å². The van der Waals surface area contributed by atoms with E-state index in [2.05, 4.69) is 236 Å². The molecule has 1 aromatic heterocycles. The molecule has 0 bridgehead atoms. The Morgan fingerprint density at radius 2 is 1.00 bits per heavy atom. The number of aromatic nitrogens is 1. The van der Waals surface area contributed by atoms with Gasteiger partial charge in [-0.2, -0.15) is 0 Å². The predicted octanol–water partition coefficient (Wildman–Crippen LogP) is 15.7. The SMILES string of the molecule is Cc1cc(N(c2ccccc2)C2C=CC=CC2)c(C)cc1-c1ccc2c(c1)c1ccccc1n2-c1ccc(-c2c3ccccc3c(-c3ccccc3)c3ccccc23)cc1. The molecule has 0 aliphatic heterocycles. The minimum Gasteiger partial charge on any atom is -0.334 e. The van der Waals surface area contributed by atoms with Crippen LogP contribution in [0, 0.1) is 13.8 Å². The van der Waals surface area contributed by atoms with Crippen LogP contribution in [0.25, 0.3) is 82.4 Å². The Morgan fingerprint density at radius 1 is 0.450 bits per heavy atom. The summed E-state index contributed by atoms with van der Waals surface area (Å²) in [6.45, 7) is 4.52. The highest BCUT2D eigenvalue weighted by Crippen LogP contribution is 2.45. The van der Waals surface area contributed by atoms with Crippen LogP contribution in [0.4, 0.5) is 11.4 Å². The van der Waals surface area contributed by atoms with E-state index in [1.54, 1.807) is 0 Å². The topological polar surface area (TPSA) is 8.17 Å². The third kappa shape index (κ3) is 5.95. The van der Waals surface area contributed by atoms with Crippen molar-refractivity contribution < 1.29 is 0 Å². The molecular formula is C58H44N2. The number of aryl methyl sites for hydroxylation is 2. The van der Waals surface area contributed by atoms with Crippen LogP contribution >= 0.6 is 0 Å². The van der Waals surface area contributed by atoms with Gasteiger partial charge < -0.3 is 9.47 Å². The number of rotatable bonds is 7. The maximum atomic E-state index is 2.50. The minimum absolute atomic E-state index is 0.261.